The summed E-state index contributed by atoms with van der Waals surface area (Å²) in [7, 11) is 0. The summed E-state index contributed by atoms with van der Waals surface area (Å²) < 4.78 is 5.42. The first-order valence-electron chi connectivity index (χ1n) is 10.00. The standard InChI is InChI=1S/C21H31N3O3/c1-16-6-5-8-19(17(16)2)22-20(25)14-21(26)24-9-4-3-7-18(24)15-23-10-12-27-13-11-23/h5-6,8,18H,3-4,7,9-15H2,1-2H3,(H,22,25). The smallest absolute Gasteiger partial charge is 0.233 e. The molecule has 0 aliphatic carbocycles. The number of carbonyl (C=O) groups excluding carboxylic acids is 2. The summed E-state index contributed by atoms with van der Waals surface area (Å²) in [5.41, 5.74) is 2.96. The van der Waals surface area contributed by atoms with Crippen LogP contribution < -0.4 is 5.32 Å². The normalized spacial score (nSPS) is 21.1. The van der Waals surface area contributed by atoms with E-state index in [2.05, 4.69) is 10.2 Å². The number of likely N-dealkylation sites (tertiary alicyclic amines) is 1. The second-order valence-electron chi connectivity index (χ2n) is 7.62. The topological polar surface area (TPSA) is 61.9 Å². The van der Waals surface area contributed by atoms with E-state index in [4.69, 9.17) is 4.74 Å². The van der Waals surface area contributed by atoms with Gasteiger partial charge in [-0.3, -0.25) is 14.5 Å². The van der Waals surface area contributed by atoms with E-state index in [9.17, 15) is 9.59 Å². The van der Waals surface area contributed by atoms with Gasteiger partial charge in [0.25, 0.3) is 0 Å². The molecule has 6 nitrogen and oxygen atoms in total. The fraction of sp³-hybridized carbons (Fsp3) is 0.619. The SMILES string of the molecule is Cc1cccc(NC(=O)CC(=O)N2CCCCC2CN2CCOCC2)c1C. The fourth-order valence-electron chi connectivity index (χ4n) is 3.92. The number of ether oxygens (including phenoxy) is 1. The van der Waals surface area contributed by atoms with Gasteiger partial charge in [-0.15, -0.1) is 0 Å². The highest BCUT2D eigenvalue weighted by molar-refractivity contribution is 6.04. The lowest BCUT2D eigenvalue weighted by molar-refractivity contribution is -0.138. The van der Waals surface area contributed by atoms with Crippen molar-refractivity contribution in [3.8, 4) is 0 Å². The molecule has 148 valence electrons. The van der Waals surface area contributed by atoms with Crippen LogP contribution in [0.4, 0.5) is 5.69 Å². The minimum absolute atomic E-state index is 0.0595. The molecule has 6 heteroatoms. The Morgan fingerprint density at radius 1 is 1.15 bits per heavy atom. The zero-order valence-corrected chi connectivity index (χ0v) is 16.5. The van der Waals surface area contributed by atoms with Crippen molar-refractivity contribution >= 4 is 17.5 Å². The van der Waals surface area contributed by atoms with Gasteiger partial charge in [0.2, 0.25) is 11.8 Å². The number of hydrogen-bond acceptors (Lipinski definition) is 4. The molecule has 3 rings (SSSR count). The number of amides is 2. The van der Waals surface area contributed by atoms with Crippen LogP contribution in [0.25, 0.3) is 0 Å². The lowest BCUT2D eigenvalue weighted by Crippen LogP contribution is -2.51. The Bertz CT molecular complexity index is 671. The van der Waals surface area contributed by atoms with Crippen molar-refractivity contribution in [2.45, 2.75) is 45.6 Å². The van der Waals surface area contributed by atoms with Crippen LogP contribution in [0.15, 0.2) is 18.2 Å². The van der Waals surface area contributed by atoms with Crippen LogP contribution in [0.2, 0.25) is 0 Å². The third kappa shape index (κ3) is 5.30. The molecule has 0 spiro atoms. The van der Waals surface area contributed by atoms with Crippen molar-refractivity contribution in [2.75, 3.05) is 44.7 Å². The Morgan fingerprint density at radius 2 is 1.93 bits per heavy atom. The fourth-order valence-corrected chi connectivity index (χ4v) is 3.92. The number of benzene rings is 1. The van der Waals surface area contributed by atoms with Gasteiger partial charge in [0.05, 0.1) is 13.2 Å². The molecule has 2 aliphatic rings. The molecule has 1 aromatic rings. The van der Waals surface area contributed by atoms with Gasteiger partial charge in [0.15, 0.2) is 0 Å². The summed E-state index contributed by atoms with van der Waals surface area (Å²) in [6.07, 6.45) is 3.09. The van der Waals surface area contributed by atoms with E-state index in [0.29, 0.717) is 0 Å². The molecule has 1 unspecified atom stereocenters. The zero-order chi connectivity index (χ0) is 19.2. The number of morpholine rings is 1. The van der Waals surface area contributed by atoms with Crippen LogP contribution in [-0.4, -0.2) is 67.0 Å². The molecule has 0 radical (unpaired) electrons. The first kappa shape index (κ1) is 19.8. The Hall–Kier alpha value is -1.92. The second kappa shape index (κ2) is 9.33. The molecular formula is C21H31N3O3. The highest BCUT2D eigenvalue weighted by Crippen LogP contribution is 2.21. The Labute approximate surface area is 161 Å². The number of hydrogen-bond donors (Lipinski definition) is 1. The van der Waals surface area contributed by atoms with E-state index in [1.54, 1.807) is 0 Å². The van der Waals surface area contributed by atoms with Crippen molar-refractivity contribution in [1.82, 2.24) is 9.80 Å². The summed E-state index contributed by atoms with van der Waals surface area (Å²) in [5, 5.41) is 2.90. The number of anilines is 1. The van der Waals surface area contributed by atoms with Crippen LogP contribution in [0.5, 0.6) is 0 Å². The number of nitrogens with zero attached hydrogens (tertiary/aromatic N) is 2. The number of nitrogens with one attached hydrogen (secondary N) is 1. The maximum absolute atomic E-state index is 12.8. The Balaban J connectivity index is 1.57. The van der Waals surface area contributed by atoms with E-state index in [0.717, 1.165) is 75.5 Å². The van der Waals surface area contributed by atoms with E-state index in [1.807, 2.05) is 36.9 Å². The van der Waals surface area contributed by atoms with Crippen molar-refractivity contribution in [3.63, 3.8) is 0 Å². The summed E-state index contributed by atoms with van der Waals surface area (Å²) in [5.74, 6) is -0.292. The number of rotatable bonds is 5. The highest BCUT2D eigenvalue weighted by atomic mass is 16.5. The van der Waals surface area contributed by atoms with Gasteiger partial charge in [-0.25, -0.2) is 0 Å². The van der Waals surface area contributed by atoms with Gasteiger partial charge >= 0.3 is 0 Å². The van der Waals surface area contributed by atoms with Gasteiger partial charge < -0.3 is 15.0 Å². The maximum Gasteiger partial charge on any atom is 0.233 e. The number of carbonyl (C=O) groups is 2. The third-order valence-electron chi connectivity index (χ3n) is 5.71. The molecule has 0 bridgehead atoms. The molecule has 1 aromatic carbocycles. The van der Waals surface area contributed by atoms with Gasteiger partial charge in [0.1, 0.15) is 6.42 Å². The predicted molar refractivity (Wildman–Crippen MR) is 106 cm³/mol. The summed E-state index contributed by atoms with van der Waals surface area (Å²) in [6, 6.07) is 6.02. The van der Waals surface area contributed by atoms with E-state index in [1.165, 1.54) is 0 Å². The van der Waals surface area contributed by atoms with Crippen LogP contribution in [0.1, 0.15) is 36.8 Å². The van der Waals surface area contributed by atoms with Crippen molar-refractivity contribution in [2.24, 2.45) is 0 Å². The molecule has 1 atom stereocenters. The summed E-state index contributed by atoms with van der Waals surface area (Å²) in [6.45, 7) is 9.00. The van der Waals surface area contributed by atoms with Crippen LogP contribution in [0.3, 0.4) is 0 Å². The minimum atomic E-state index is -0.232. The molecule has 27 heavy (non-hydrogen) atoms. The largest absolute Gasteiger partial charge is 0.379 e. The van der Waals surface area contributed by atoms with Crippen LogP contribution in [-0.2, 0) is 14.3 Å². The molecule has 2 heterocycles. The third-order valence-corrected chi connectivity index (χ3v) is 5.71. The molecule has 2 aliphatic heterocycles. The molecule has 0 saturated carbocycles. The van der Waals surface area contributed by atoms with Gasteiger partial charge in [-0.1, -0.05) is 12.1 Å². The monoisotopic (exact) mass is 373 g/mol. The average molecular weight is 373 g/mol. The van der Waals surface area contributed by atoms with Crippen molar-refractivity contribution in [1.29, 1.82) is 0 Å². The molecule has 1 N–H and O–H groups in total. The summed E-state index contributed by atoms with van der Waals surface area (Å²) >= 11 is 0. The van der Waals surface area contributed by atoms with Gasteiger partial charge in [-0.05, 0) is 50.3 Å². The quantitative estimate of drug-likeness (QED) is 0.805. The Kier molecular flexibility index (Phi) is 6.85. The lowest BCUT2D eigenvalue weighted by Gasteiger charge is -2.39. The van der Waals surface area contributed by atoms with E-state index >= 15 is 0 Å². The van der Waals surface area contributed by atoms with Crippen LogP contribution >= 0.6 is 0 Å². The first-order valence-corrected chi connectivity index (χ1v) is 10.00. The number of aryl methyl sites for hydroxylation is 1. The molecule has 0 aromatic heterocycles. The Morgan fingerprint density at radius 3 is 2.70 bits per heavy atom. The number of piperidine rings is 1. The molecule has 2 amide bonds. The lowest BCUT2D eigenvalue weighted by atomic mass is 10.0. The van der Waals surface area contributed by atoms with Crippen molar-refractivity contribution in [3.05, 3.63) is 29.3 Å². The maximum atomic E-state index is 12.8. The second-order valence-corrected chi connectivity index (χ2v) is 7.62. The molecule has 2 saturated heterocycles. The zero-order valence-electron chi connectivity index (χ0n) is 16.5. The molecule has 2 fully saturated rings. The van der Waals surface area contributed by atoms with Gasteiger partial charge in [-0.2, -0.15) is 0 Å². The average Bonchev–Trinajstić information content (AvgIpc) is 2.66. The predicted octanol–water partition coefficient (Wildman–Crippen LogP) is 2.35. The summed E-state index contributed by atoms with van der Waals surface area (Å²) in [4.78, 5) is 29.6. The first-order chi connectivity index (χ1) is 13.0. The van der Waals surface area contributed by atoms with E-state index < -0.39 is 0 Å². The van der Waals surface area contributed by atoms with E-state index in [-0.39, 0.29) is 24.3 Å². The highest BCUT2D eigenvalue weighted by Gasteiger charge is 2.29. The molecular weight excluding hydrogens is 342 g/mol. The van der Waals surface area contributed by atoms with Crippen LogP contribution in [0, 0.1) is 13.8 Å². The van der Waals surface area contributed by atoms with Gasteiger partial charge in [0, 0.05) is 37.9 Å². The minimum Gasteiger partial charge on any atom is -0.379 e. The van der Waals surface area contributed by atoms with Crippen molar-refractivity contribution < 1.29 is 14.3 Å².